The zero-order valence-corrected chi connectivity index (χ0v) is 15.3. The number of hydrogen-bond donors (Lipinski definition) is 5. The van der Waals surface area contributed by atoms with Crippen molar-refractivity contribution in [2.45, 2.75) is 57.3 Å². The summed E-state index contributed by atoms with van der Waals surface area (Å²) in [4.78, 5) is 23.6. The van der Waals surface area contributed by atoms with Crippen molar-refractivity contribution in [3.05, 3.63) is 35.6 Å². The lowest BCUT2D eigenvalue weighted by Gasteiger charge is -2.16. The highest BCUT2D eigenvalue weighted by atomic mass is 19.1. The normalized spacial score (nSPS) is 24.7. The smallest absolute Gasteiger partial charge is 0.315 e. The molecule has 0 unspecified atom stereocenters. The van der Waals surface area contributed by atoms with Crippen LogP contribution in [0.15, 0.2) is 24.3 Å². The zero-order chi connectivity index (χ0) is 20.0. The number of rotatable bonds is 7. The monoisotopic (exact) mass is 383 g/mol. The van der Waals surface area contributed by atoms with Crippen molar-refractivity contribution in [3.63, 3.8) is 0 Å². The van der Waals surface area contributed by atoms with Crippen molar-refractivity contribution in [2.75, 3.05) is 6.54 Å². The molecule has 1 aromatic carbocycles. The number of benzene rings is 1. The molecule has 0 saturated carbocycles. The number of halogens is 1. The summed E-state index contributed by atoms with van der Waals surface area (Å²) in [5, 5.41) is 28.0. The van der Waals surface area contributed by atoms with Crippen LogP contribution in [0.2, 0.25) is 0 Å². The molecule has 1 saturated heterocycles. The number of ether oxygens (including phenoxy) is 1. The van der Waals surface area contributed by atoms with Gasteiger partial charge in [-0.2, -0.15) is 0 Å². The van der Waals surface area contributed by atoms with E-state index in [9.17, 15) is 24.2 Å². The van der Waals surface area contributed by atoms with Gasteiger partial charge in [0.05, 0.1) is 12.5 Å². The summed E-state index contributed by atoms with van der Waals surface area (Å²) in [5.41, 5.74) is 0.732. The van der Waals surface area contributed by atoms with Gasteiger partial charge in [-0.05, 0) is 31.5 Å². The quantitative estimate of drug-likeness (QED) is 0.455. The van der Waals surface area contributed by atoms with Crippen molar-refractivity contribution in [1.29, 1.82) is 0 Å². The summed E-state index contributed by atoms with van der Waals surface area (Å²) in [5.74, 6) is -0.731. The number of carbonyl (C=O) groups is 2. The second-order valence-corrected chi connectivity index (χ2v) is 6.81. The molecule has 4 atom stereocenters. The highest BCUT2D eigenvalue weighted by Gasteiger charge is 2.43. The maximum absolute atomic E-state index is 12.9. The van der Waals surface area contributed by atoms with Gasteiger partial charge in [-0.25, -0.2) is 9.18 Å². The van der Waals surface area contributed by atoms with Gasteiger partial charge < -0.3 is 30.9 Å². The second kappa shape index (κ2) is 9.63. The molecule has 0 spiro atoms. The third-order valence-electron chi connectivity index (χ3n) is 4.13. The van der Waals surface area contributed by atoms with Crippen LogP contribution in [0, 0.1) is 5.82 Å². The first-order valence-electron chi connectivity index (χ1n) is 8.83. The summed E-state index contributed by atoms with van der Waals surface area (Å²) in [6.07, 6.45) is -4.28. The first-order chi connectivity index (χ1) is 12.8. The molecule has 0 aliphatic carbocycles. The highest BCUT2D eigenvalue weighted by molar-refractivity contribution is 5.76. The molecule has 27 heavy (non-hydrogen) atoms. The predicted octanol–water partition coefficient (Wildman–Crippen LogP) is 0.0288. The number of amides is 3. The van der Waals surface area contributed by atoms with Crippen LogP contribution >= 0.6 is 0 Å². The van der Waals surface area contributed by atoms with E-state index in [1.807, 2.05) is 13.8 Å². The summed E-state index contributed by atoms with van der Waals surface area (Å²) < 4.78 is 18.4. The van der Waals surface area contributed by atoms with Crippen LogP contribution in [0.4, 0.5) is 9.18 Å². The van der Waals surface area contributed by atoms with Crippen molar-refractivity contribution in [1.82, 2.24) is 16.0 Å². The van der Waals surface area contributed by atoms with Crippen LogP contribution in [0.3, 0.4) is 0 Å². The number of carbonyl (C=O) groups excluding carboxylic acids is 2. The van der Waals surface area contributed by atoms with Crippen molar-refractivity contribution in [2.24, 2.45) is 0 Å². The summed E-state index contributed by atoms with van der Waals surface area (Å²) in [6, 6.07) is 5.27. The zero-order valence-electron chi connectivity index (χ0n) is 15.3. The largest absolute Gasteiger partial charge is 0.388 e. The molecule has 0 radical (unpaired) electrons. The molecule has 0 aromatic heterocycles. The Hall–Kier alpha value is -2.23. The Morgan fingerprint density at radius 1 is 1.11 bits per heavy atom. The molecule has 2 rings (SSSR count). The maximum atomic E-state index is 12.9. The summed E-state index contributed by atoms with van der Waals surface area (Å²) in [6.45, 7) is 3.84. The van der Waals surface area contributed by atoms with Gasteiger partial charge in [0.15, 0.2) is 0 Å². The number of nitrogens with one attached hydrogen (secondary N) is 3. The van der Waals surface area contributed by atoms with Gasteiger partial charge in [0, 0.05) is 19.1 Å². The molecule has 1 aliphatic heterocycles. The molecular weight excluding hydrogens is 357 g/mol. The molecule has 1 fully saturated rings. The minimum absolute atomic E-state index is 0.00444. The molecule has 1 aromatic rings. The third-order valence-corrected chi connectivity index (χ3v) is 4.13. The van der Waals surface area contributed by atoms with E-state index in [2.05, 4.69) is 16.0 Å². The average Bonchev–Trinajstić information content (AvgIpc) is 2.87. The average molecular weight is 383 g/mol. The van der Waals surface area contributed by atoms with Crippen molar-refractivity contribution >= 4 is 11.9 Å². The van der Waals surface area contributed by atoms with Crippen LogP contribution in [0.25, 0.3) is 0 Å². The van der Waals surface area contributed by atoms with Gasteiger partial charge in [0.25, 0.3) is 0 Å². The van der Waals surface area contributed by atoms with E-state index in [0.29, 0.717) is 0 Å². The molecule has 1 aliphatic rings. The van der Waals surface area contributed by atoms with Gasteiger partial charge >= 0.3 is 6.03 Å². The Bertz CT molecular complexity index is 640. The Morgan fingerprint density at radius 3 is 2.37 bits per heavy atom. The molecule has 9 heteroatoms. The van der Waals surface area contributed by atoms with Gasteiger partial charge in [0.1, 0.15) is 24.1 Å². The lowest BCUT2D eigenvalue weighted by molar-refractivity contribution is -0.125. The first-order valence-corrected chi connectivity index (χ1v) is 8.83. The van der Waals surface area contributed by atoms with Gasteiger partial charge in [-0.15, -0.1) is 0 Å². The fraction of sp³-hybridized carbons (Fsp3) is 0.556. The minimum Gasteiger partial charge on any atom is -0.388 e. The topological polar surface area (TPSA) is 120 Å². The van der Waals surface area contributed by atoms with Crippen molar-refractivity contribution < 1.29 is 28.9 Å². The first kappa shape index (κ1) is 21.1. The van der Waals surface area contributed by atoms with E-state index in [1.54, 1.807) is 12.1 Å². The maximum Gasteiger partial charge on any atom is 0.315 e. The van der Waals surface area contributed by atoms with Crippen LogP contribution in [0.5, 0.6) is 0 Å². The number of hydrogen-bond acceptors (Lipinski definition) is 5. The Balaban J connectivity index is 1.77. The fourth-order valence-corrected chi connectivity index (χ4v) is 2.73. The van der Waals surface area contributed by atoms with Crippen LogP contribution in [-0.4, -0.2) is 59.2 Å². The predicted molar refractivity (Wildman–Crippen MR) is 95.2 cm³/mol. The standard InChI is InChI=1S/C18H26FN3O5/c1-10(2)22-18(26)21-9-14-17(25)16(24)13(27-14)7-15(23)20-8-11-3-5-12(19)6-4-11/h3-6,10,13-14,16-17,24-25H,7-9H2,1-2H3,(H,20,23)(H2,21,22,26)/t13-,14-,16+,17+/m0/s1. The number of aliphatic hydroxyl groups excluding tert-OH is 2. The van der Waals surface area contributed by atoms with E-state index in [0.717, 1.165) is 5.56 Å². The molecule has 150 valence electrons. The van der Waals surface area contributed by atoms with E-state index in [-0.39, 0.29) is 37.3 Å². The number of aliphatic hydroxyl groups is 2. The van der Waals surface area contributed by atoms with Crippen LogP contribution < -0.4 is 16.0 Å². The minimum atomic E-state index is -1.23. The molecular formula is C18H26FN3O5. The van der Waals surface area contributed by atoms with Crippen LogP contribution in [0.1, 0.15) is 25.8 Å². The van der Waals surface area contributed by atoms with E-state index < -0.39 is 30.4 Å². The Kier molecular flexibility index (Phi) is 7.52. The highest BCUT2D eigenvalue weighted by Crippen LogP contribution is 2.23. The summed E-state index contributed by atoms with van der Waals surface area (Å²) >= 11 is 0. The van der Waals surface area contributed by atoms with E-state index in [1.165, 1.54) is 12.1 Å². The molecule has 8 nitrogen and oxygen atoms in total. The third kappa shape index (κ3) is 6.46. The van der Waals surface area contributed by atoms with Gasteiger partial charge in [-0.3, -0.25) is 4.79 Å². The lowest BCUT2D eigenvalue weighted by atomic mass is 10.1. The van der Waals surface area contributed by atoms with Crippen molar-refractivity contribution in [3.8, 4) is 0 Å². The van der Waals surface area contributed by atoms with Gasteiger partial charge in [0.2, 0.25) is 5.91 Å². The second-order valence-electron chi connectivity index (χ2n) is 6.81. The SMILES string of the molecule is CC(C)NC(=O)NC[C@@H]1O[C@@H](CC(=O)NCc2ccc(F)cc2)[C@@H](O)[C@@H]1O. The molecule has 1 heterocycles. The summed E-state index contributed by atoms with van der Waals surface area (Å²) in [7, 11) is 0. The van der Waals surface area contributed by atoms with E-state index in [4.69, 9.17) is 4.74 Å². The van der Waals surface area contributed by atoms with Gasteiger partial charge in [-0.1, -0.05) is 12.1 Å². The fourth-order valence-electron chi connectivity index (χ4n) is 2.73. The lowest BCUT2D eigenvalue weighted by Crippen LogP contribution is -2.45. The Morgan fingerprint density at radius 2 is 1.74 bits per heavy atom. The van der Waals surface area contributed by atoms with E-state index >= 15 is 0 Å². The molecule has 5 N–H and O–H groups in total. The van der Waals surface area contributed by atoms with Crippen LogP contribution in [-0.2, 0) is 16.1 Å². The molecule has 3 amide bonds. The Labute approximate surface area is 157 Å². The molecule has 0 bridgehead atoms. The number of urea groups is 1.